The molecule has 2 aromatic carbocycles. The average molecular weight is 253 g/mol. The summed E-state index contributed by atoms with van der Waals surface area (Å²) in [4.78, 5) is 13.6. The molecule has 3 rings (SSSR count). The molecule has 0 unspecified atom stereocenters. The Balaban J connectivity index is 1.93. The van der Waals surface area contributed by atoms with Crippen molar-refractivity contribution in [2.45, 2.75) is 12.1 Å². The average Bonchev–Trinajstić information content (AvgIpc) is 3.24. The van der Waals surface area contributed by atoms with Crippen LogP contribution in [0.1, 0.15) is 23.2 Å². The monoisotopic (exact) mass is 253 g/mol. The molecule has 0 radical (unpaired) electrons. The molecule has 0 saturated carbocycles. The minimum Gasteiger partial charge on any atom is -0.453 e. The van der Waals surface area contributed by atoms with Gasteiger partial charge < -0.3 is 4.74 Å². The van der Waals surface area contributed by atoms with Gasteiger partial charge in [-0.1, -0.05) is 60.7 Å². The van der Waals surface area contributed by atoms with Gasteiger partial charge in [0.1, 0.15) is 0 Å². The first-order valence-corrected chi connectivity index (χ1v) is 6.29. The van der Waals surface area contributed by atoms with Gasteiger partial charge in [-0.3, -0.25) is 4.90 Å². The van der Waals surface area contributed by atoms with Crippen LogP contribution in [0, 0.1) is 0 Å². The SMILES string of the molecule is COC(=O)N1[C@@H](c2ccccc2)[C@@H]1c1ccccc1. The number of methoxy groups -OCH3 is 1. The fraction of sp³-hybridized carbons (Fsp3) is 0.188. The molecule has 1 saturated heterocycles. The van der Waals surface area contributed by atoms with E-state index in [0.717, 1.165) is 11.1 Å². The number of nitrogens with zero attached hydrogens (tertiary/aromatic N) is 1. The van der Waals surface area contributed by atoms with Crippen LogP contribution in [0.15, 0.2) is 60.7 Å². The second kappa shape index (κ2) is 4.76. The van der Waals surface area contributed by atoms with Crippen molar-refractivity contribution in [3.8, 4) is 0 Å². The van der Waals surface area contributed by atoms with Gasteiger partial charge in [0.15, 0.2) is 0 Å². The van der Waals surface area contributed by atoms with Gasteiger partial charge in [-0.2, -0.15) is 0 Å². The zero-order chi connectivity index (χ0) is 13.2. The Bertz CT molecular complexity index is 522. The summed E-state index contributed by atoms with van der Waals surface area (Å²) in [5.41, 5.74) is 2.28. The molecule has 1 heterocycles. The second-order valence-corrected chi connectivity index (χ2v) is 4.59. The second-order valence-electron chi connectivity index (χ2n) is 4.59. The summed E-state index contributed by atoms with van der Waals surface area (Å²) in [7, 11) is 1.42. The smallest absolute Gasteiger partial charge is 0.410 e. The number of benzene rings is 2. The minimum absolute atomic E-state index is 0.0797. The molecular weight excluding hydrogens is 238 g/mol. The molecule has 1 fully saturated rings. The quantitative estimate of drug-likeness (QED) is 0.766. The molecule has 1 amide bonds. The molecular formula is C16H15NO2. The highest BCUT2D eigenvalue weighted by Crippen LogP contribution is 2.54. The Morgan fingerprint density at radius 2 is 1.32 bits per heavy atom. The molecule has 19 heavy (non-hydrogen) atoms. The van der Waals surface area contributed by atoms with Gasteiger partial charge in [-0.15, -0.1) is 0 Å². The Hall–Kier alpha value is -2.29. The highest BCUT2D eigenvalue weighted by Gasteiger charge is 2.53. The highest BCUT2D eigenvalue weighted by molar-refractivity contribution is 5.73. The Morgan fingerprint density at radius 3 is 1.68 bits per heavy atom. The number of carbonyl (C=O) groups excluding carboxylic acids is 1. The largest absolute Gasteiger partial charge is 0.453 e. The number of amides is 1. The number of carbonyl (C=O) groups is 1. The summed E-state index contributed by atoms with van der Waals surface area (Å²) in [6.07, 6.45) is -0.275. The lowest BCUT2D eigenvalue weighted by atomic mass is 10.0. The molecule has 2 atom stereocenters. The van der Waals surface area contributed by atoms with Crippen molar-refractivity contribution in [3.05, 3.63) is 71.8 Å². The van der Waals surface area contributed by atoms with Crippen molar-refractivity contribution in [3.63, 3.8) is 0 Å². The van der Waals surface area contributed by atoms with Crippen LogP contribution in [-0.4, -0.2) is 18.1 Å². The van der Waals surface area contributed by atoms with E-state index in [-0.39, 0.29) is 18.2 Å². The zero-order valence-corrected chi connectivity index (χ0v) is 10.7. The number of hydrogen-bond acceptors (Lipinski definition) is 2. The summed E-state index contributed by atoms with van der Waals surface area (Å²) < 4.78 is 4.86. The van der Waals surface area contributed by atoms with E-state index < -0.39 is 0 Å². The van der Waals surface area contributed by atoms with Gasteiger partial charge in [0.2, 0.25) is 0 Å². The maximum atomic E-state index is 11.8. The molecule has 3 heteroatoms. The van der Waals surface area contributed by atoms with Crippen LogP contribution in [-0.2, 0) is 4.74 Å². The third kappa shape index (κ3) is 2.08. The summed E-state index contributed by atoms with van der Waals surface area (Å²) >= 11 is 0. The van der Waals surface area contributed by atoms with Crippen molar-refractivity contribution < 1.29 is 9.53 Å². The summed E-state index contributed by atoms with van der Waals surface area (Å²) in [5, 5.41) is 0. The zero-order valence-electron chi connectivity index (χ0n) is 10.7. The topological polar surface area (TPSA) is 29.3 Å². The molecule has 0 aromatic heterocycles. The van der Waals surface area contributed by atoms with Gasteiger partial charge in [-0.05, 0) is 11.1 Å². The van der Waals surface area contributed by atoms with Gasteiger partial charge in [0, 0.05) is 0 Å². The predicted molar refractivity (Wildman–Crippen MR) is 72.6 cm³/mol. The van der Waals surface area contributed by atoms with Gasteiger partial charge >= 0.3 is 6.09 Å². The third-order valence-corrected chi connectivity index (χ3v) is 3.48. The van der Waals surface area contributed by atoms with E-state index in [2.05, 4.69) is 0 Å². The van der Waals surface area contributed by atoms with E-state index in [1.54, 1.807) is 4.90 Å². The van der Waals surface area contributed by atoms with Crippen LogP contribution in [0.25, 0.3) is 0 Å². The fourth-order valence-corrected chi connectivity index (χ4v) is 2.55. The van der Waals surface area contributed by atoms with Crippen LogP contribution in [0.2, 0.25) is 0 Å². The first kappa shape index (κ1) is 11.8. The first-order valence-electron chi connectivity index (χ1n) is 6.29. The number of ether oxygens (including phenoxy) is 1. The van der Waals surface area contributed by atoms with E-state index in [1.165, 1.54) is 7.11 Å². The van der Waals surface area contributed by atoms with Crippen LogP contribution >= 0.6 is 0 Å². The van der Waals surface area contributed by atoms with E-state index in [1.807, 2.05) is 60.7 Å². The Morgan fingerprint density at radius 1 is 0.895 bits per heavy atom. The molecule has 3 nitrogen and oxygen atoms in total. The van der Waals surface area contributed by atoms with E-state index >= 15 is 0 Å². The third-order valence-electron chi connectivity index (χ3n) is 3.48. The Kier molecular flexibility index (Phi) is 2.95. The van der Waals surface area contributed by atoms with Crippen molar-refractivity contribution in [2.75, 3.05) is 7.11 Å². The van der Waals surface area contributed by atoms with E-state index in [0.29, 0.717) is 0 Å². The molecule has 0 aliphatic carbocycles. The lowest BCUT2D eigenvalue weighted by Gasteiger charge is -2.02. The highest BCUT2D eigenvalue weighted by atomic mass is 16.5. The molecule has 0 spiro atoms. The van der Waals surface area contributed by atoms with Gasteiger partial charge in [-0.25, -0.2) is 4.79 Å². The number of rotatable bonds is 2. The lowest BCUT2D eigenvalue weighted by Crippen LogP contribution is -2.11. The minimum atomic E-state index is -0.275. The maximum Gasteiger partial charge on any atom is 0.410 e. The molecule has 1 aliphatic rings. The van der Waals surface area contributed by atoms with Gasteiger partial charge in [0.05, 0.1) is 19.2 Å². The normalized spacial score (nSPS) is 21.0. The molecule has 2 aromatic rings. The first-order chi connectivity index (χ1) is 9.33. The van der Waals surface area contributed by atoms with Crippen LogP contribution in [0.3, 0.4) is 0 Å². The predicted octanol–water partition coefficient (Wildman–Crippen LogP) is 3.55. The summed E-state index contributed by atoms with van der Waals surface area (Å²) in [5.74, 6) is 0. The maximum absolute atomic E-state index is 11.8. The van der Waals surface area contributed by atoms with Crippen LogP contribution in [0.5, 0.6) is 0 Å². The van der Waals surface area contributed by atoms with Crippen LogP contribution < -0.4 is 0 Å². The van der Waals surface area contributed by atoms with Crippen molar-refractivity contribution in [2.24, 2.45) is 0 Å². The van der Waals surface area contributed by atoms with Crippen LogP contribution in [0.4, 0.5) is 4.79 Å². The van der Waals surface area contributed by atoms with Crippen molar-refractivity contribution in [1.29, 1.82) is 0 Å². The fourth-order valence-electron chi connectivity index (χ4n) is 2.55. The summed E-state index contributed by atoms with van der Waals surface area (Å²) in [6, 6.07) is 20.3. The van der Waals surface area contributed by atoms with E-state index in [9.17, 15) is 4.79 Å². The van der Waals surface area contributed by atoms with Gasteiger partial charge in [0.25, 0.3) is 0 Å². The van der Waals surface area contributed by atoms with Crippen molar-refractivity contribution in [1.82, 2.24) is 4.90 Å². The number of hydrogen-bond donors (Lipinski definition) is 0. The molecule has 0 N–H and O–H groups in total. The molecule has 1 aliphatic heterocycles. The standard InChI is InChI=1S/C16H15NO2/c1-19-16(18)17-14(12-8-4-2-5-9-12)15(17)13-10-6-3-7-11-13/h2-11,14-15H,1H3/t14-,15-/m0/s1. The molecule has 0 bridgehead atoms. The Labute approximate surface area is 112 Å². The molecule has 96 valence electrons. The van der Waals surface area contributed by atoms with E-state index in [4.69, 9.17) is 4.74 Å². The lowest BCUT2D eigenvalue weighted by molar-refractivity contribution is 0.150. The van der Waals surface area contributed by atoms with Crippen molar-refractivity contribution >= 4 is 6.09 Å². The summed E-state index contributed by atoms with van der Waals surface area (Å²) in [6.45, 7) is 0.